The lowest BCUT2D eigenvalue weighted by Gasteiger charge is -2.22. The molecule has 1 saturated heterocycles. The summed E-state index contributed by atoms with van der Waals surface area (Å²) in [5.74, 6) is -1.70. The fourth-order valence-corrected chi connectivity index (χ4v) is 5.10. The van der Waals surface area contributed by atoms with E-state index in [0.29, 0.717) is 5.69 Å². The first-order valence-electron chi connectivity index (χ1n) is 8.79. The molecule has 0 aromatic heterocycles. The van der Waals surface area contributed by atoms with Gasteiger partial charge in [0.2, 0.25) is 0 Å². The Bertz CT molecular complexity index is 805. The third-order valence-electron chi connectivity index (χ3n) is 6.10. The van der Waals surface area contributed by atoms with Gasteiger partial charge in [-0.15, -0.1) is 0 Å². The molecule has 0 spiro atoms. The molecule has 1 amide bonds. The number of ether oxygens (including phenoxy) is 2. The maximum Gasteiger partial charge on any atom is 0.310 e. The molecule has 1 aliphatic heterocycles. The Hall–Kier alpha value is -1.89. The minimum absolute atomic E-state index is 0.0199. The minimum Gasteiger partial charge on any atom is -0.462 e. The Labute approximate surface area is 159 Å². The van der Waals surface area contributed by atoms with Gasteiger partial charge in [-0.05, 0) is 55.9 Å². The largest absolute Gasteiger partial charge is 0.462 e. The normalized spacial score (nSPS) is 31.0. The number of rotatable bonds is 4. The van der Waals surface area contributed by atoms with E-state index in [0.717, 1.165) is 28.4 Å². The standard InChI is InChI=1S/C19H20BrNO5/c1-8-9(2)13(4-3-12(8)20)21-15(22)7-25-18(23)16-10-5-11-14(6-10)26-19(24)17(11)16/h3-4,10-11,14,16-17H,5-7H2,1-2H3,(H,21,22)/t10-,11-,14+,16+,17-/m0/s1. The summed E-state index contributed by atoms with van der Waals surface area (Å²) >= 11 is 3.45. The molecule has 1 N–H and O–H groups in total. The Balaban J connectivity index is 1.36. The van der Waals surface area contributed by atoms with Crippen molar-refractivity contribution in [3.8, 4) is 0 Å². The Morgan fingerprint density at radius 3 is 2.81 bits per heavy atom. The fourth-order valence-electron chi connectivity index (χ4n) is 4.67. The lowest BCUT2D eigenvalue weighted by atomic mass is 9.80. The van der Waals surface area contributed by atoms with Crippen molar-refractivity contribution in [2.45, 2.75) is 32.8 Å². The van der Waals surface area contributed by atoms with Crippen LogP contribution in [0.5, 0.6) is 0 Å². The zero-order valence-corrected chi connectivity index (χ0v) is 16.2. The van der Waals surface area contributed by atoms with Crippen molar-refractivity contribution in [2.75, 3.05) is 11.9 Å². The molecule has 6 nitrogen and oxygen atoms in total. The highest BCUT2D eigenvalue weighted by Gasteiger charge is 2.64. The summed E-state index contributed by atoms with van der Waals surface area (Å²) in [4.78, 5) is 36.6. The van der Waals surface area contributed by atoms with Crippen LogP contribution in [-0.4, -0.2) is 30.6 Å². The number of esters is 2. The van der Waals surface area contributed by atoms with Crippen molar-refractivity contribution in [2.24, 2.45) is 23.7 Å². The van der Waals surface area contributed by atoms with Gasteiger partial charge in [0.15, 0.2) is 6.61 Å². The summed E-state index contributed by atoms with van der Waals surface area (Å²) in [7, 11) is 0. The lowest BCUT2D eigenvalue weighted by molar-refractivity contribution is -0.157. The third-order valence-corrected chi connectivity index (χ3v) is 6.96. The van der Waals surface area contributed by atoms with E-state index >= 15 is 0 Å². The molecule has 4 rings (SSSR count). The monoisotopic (exact) mass is 421 g/mol. The van der Waals surface area contributed by atoms with Crippen molar-refractivity contribution < 1.29 is 23.9 Å². The molecular weight excluding hydrogens is 402 g/mol. The number of amides is 1. The van der Waals surface area contributed by atoms with E-state index in [1.165, 1.54) is 0 Å². The van der Waals surface area contributed by atoms with Gasteiger partial charge in [-0.2, -0.15) is 0 Å². The van der Waals surface area contributed by atoms with Crippen LogP contribution in [-0.2, 0) is 23.9 Å². The van der Waals surface area contributed by atoms with Gasteiger partial charge >= 0.3 is 11.9 Å². The second-order valence-corrected chi connectivity index (χ2v) is 8.28. The van der Waals surface area contributed by atoms with Crippen LogP contribution in [0.25, 0.3) is 0 Å². The third kappa shape index (κ3) is 2.73. The van der Waals surface area contributed by atoms with Gasteiger partial charge in [0.25, 0.3) is 5.91 Å². The summed E-state index contributed by atoms with van der Waals surface area (Å²) in [6.45, 7) is 3.52. The van der Waals surface area contributed by atoms with Crippen LogP contribution in [0.3, 0.4) is 0 Å². The number of halogens is 1. The number of hydrogen-bond acceptors (Lipinski definition) is 5. The quantitative estimate of drug-likeness (QED) is 0.755. The maximum atomic E-state index is 12.5. The molecule has 1 aromatic carbocycles. The summed E-state index contributed by atoms with van der Waals surface area (Å²) in [6.07, 6.45) is 1.55. The van der Waals surface area contributed by atoms with Crippen molar-refractivity contribution in [1.82, 2.24) is 0 Å². The molecule has 3 fully saturated rings. The zero-order valence-electron chi connectivity index (χ0n) is 14.6. The summed E-state index contributed by atoms with van der Waals surface area (Å²) in [6, 6.07) is 3.66. The van der Waals surface area contributed by atoms with Gasteiger partial charge in [-0.25, -0.2) is 0 Å². The molecule has 2 saturated carbocycles. The van der Waals surface area contributed by atoms with Crippen molar-refractivity contribution in [3.05, 3.63) is 27.7 Å². The topological polar surface area (TPSA) is 81.7 Å². The minimum atomic E-state index is -0.462. The zero-order chi connectivity index (χ0) is 18.6. The van der Waals surface area contributed by atoms with Crippen LogP contribution in [0.15, 0.2) is 16.6 Å². The molecule has 5 atom stereocenters. The molecule has 7 heteroatoms. The predicted molar refractivity (Wildman–Crippen MR) is 96.3 cm³/mol. The Morgan fingerprint density at radius 2 is 2.04 bits per heavy atom. The summed E-state index contributed by atoms with van der Waals surface area (Å²) in [5.41, 5.74) is 2.68. The van der Waals surface area contributed by atoms with Crippen molar-refractivity contribution in [1.29, 1.82) is 0 Å². The number of benzene rings is 1. The number of anilines is 1. The van der Waals surface area contributed by atoms with E-state index in [9.17, 15) is 14.4 Å². The van der Waals surface area contributed by atoms with E-state index in [4.69, 9.17) is 9.47 Å². The van der Waals surface area contributed by atoms with Gasteiger partial charge in [-0.3, -0.25) is 14.4 Å². The van der Waals surface area contributed by atoms with Gasteiger partial charge in [0.05, 0.1) is 11.8 Å². The van der Waals surface area contributed by atoms with Crippen molar-refractivity contribution in [3.63, 3.8) is 0 Å². The van der Waals surface area contributed by atoms with Crippen molar-refractivity contribution >= 4 is 39.5 Å². The highest BCUT2D eigenvalue weighted by molar-refractivity contribution is 9.10. The molecular formula is C19H20BrNO5. The number of carbonyl (C=O) groups excluding carboxylic acids is 3. The highest BCUT2D eigenvalue weighted by Crippen LogP contribution is 2.57. The second kappa shape index (κ2) is 6.37. The smallest absolute Gasteiger partial charge is 0.310 e. The van der Waals surface area contributed by atoms with Crippen LogP contribution >= 0.6 is 15.9 Å². The molecule has 0 radical (unpaired) electrons. The van der Waals surface area contributed by atoms with E-state index in [1.54, 1.807) is 6.07 Å². The van der Waals surface area contributed by atoms with Crippen LogP contribution in [0.1, 0.15) is 24.0 Å². The number of nitrogens with one attached hydrogen (secondary N) is 1. The Morgan fingerprint density at radius 1 is 1.27 bits per heavy atom. The van der Waals surface area contributed by atoms with Gasteiger partial charge < -0.3 is 14.8 Å². The maximum absolute atomic E-state index is 12.5. The van der Waals surface area contributed by atoms with Crippen LogP contribution in [0, 0.1) is 37.5 Å². The molecule has 2 aliphatic carbocycles. The van der Waals surface area contributed by atoms with Crippen LogP contribution in [0.4, 0.5) is 5.69 Å². The van der Waals surface area contributed by atoms with E-state index < -0.39 is 17.8 Å². The second-order valence-electron chi connectivity index (χ2n) is 7.42. The van der Waals surface area contributed by atoms with Gasteiger partial charge in [0, 0.05) is 16.1 Å². The molecule has 0 unspecified atom stereocenters. The number of carbonyl (C=O) groups is 3. The van der Waals surface area contributed by atoms with Gasteiger partial charge in [0.1, 0.15) is 6.10 Å². The molecule has 138 valence electrons. The molecule has 1 aromatic rings. The summed E-state index contributed by atoms with van der Waals surface area (Å²) in [5, 5.41) is 2.77. The summed E-state index contributed by atoms with van der Waals surface area (Å²) < 4.78 is 11.5. The first-order chi connectivity index (χ1) is 12.4. The highest BCUT2D eigenvalue weighted by atomic mass is 79.9. The number of fused-ring (bicyclic) bond motifs is 1. The van der Waals surface area contributed by atoms with Crippen LogP contribution in [0.2, 0.25) is 0 Å². The first-order valence-corrected chi connectivity index (χ1v) is 9.58. The fraction of sp³-hybridized carbons (Fsp3) is 0.526. The molecule has 3 aliphatic rings. The first kappa shape index (κ1) is 17.5. The predicted octanol–water partition coefficient (Wildman–Crippen LogP) is 2.75. The average Bonchev–Trinajstić information content (AvgIpc) is 3.22. The molecule has 26 heavy (non-hydrogen) atoms. The van der Waals surface area contributed by atoms with E-state index in [2.05, 4.69) is 21.2 Å². The Kier molecular flexibility index (Phi) is 4.29. The van der Waals surface area contributed by atoms with Gasteiger partial charge in [-0.1, -0.05) is 15.9 Å². The SMILES string of the molecule is Cc1c(Br)ccc(NC(=O)COC(=O)[C@@H]2[C@H]3C[C@@H]4[C@@H]2C(=O)O[C@@H]4C3)c1C. The van der Waals surface area contributed by atoms with E-state index in [1.807, 2.05) is 19.9 Å². The number of hydrogen-bond donors (Lipinski definition) is 1. The van der Waals surface area contributed by atoms with Crippen LogP contribution < -0.4 is 5.32 Å². The lowest BCUT2D eigenvalue weighted by Crippen LogP contribution is -2.35. The molecule has 1 heterocycles. The molecule has 2 bridgehead atoms. The average molecular weight is 422 g/mol. The van der Waals surface area contributed by atoms with E-state index in [-0.39, 0.29) is 36.4 Å².